The maximum Gasteiger partial charge on any atom is 0.224 e. The van der Waals surface area contributed by atoms with Crippen LogP contribution in [0.1, 0.15) is 24.8 Å². The van der Waals surface area contributed by atoms with Crippen molar-refractivity contribution in [3.8, 4) is 11.5 Å². The van der Waals surface area contributed by atoms with E-state index in [4.69, 9.17) is 9.47 Å². The summed E-state index contributed by atoms with van der Waals surface area (Å²) in [6.07, 6.45) is 5.59. The standard InChI is InChI=1S/C18H24N4O2/c1-23-15-7-6-14(12-16(15)24-2)13-20-18-19-9-8-17(21-18)22-10-4-3-5-11-22/h6-9,12H,3-5,10-11,13H2,1-2H3,(H,19,20,21). The molecule has 0 bridgehead atoms. The Morgan fingerprint density at radius 3 is 2.58 bits per heavy atom. The number of benzene rings is 1. The Morgan fingerprint density at radius 1 is 1.04 bits per heavy atom. The van der Waals surface area contributed by atoms with Gasteiger partial charge in [-0.05, 0) is 43.0 Å². The first kappa shape index (κ1) is 16.4. The molecular formula is C18H24N4O2. The van der Waals surface area contributed by atoms with Gasteiger partial charge in [-0.1, -0.05) is 6.07 Å². The van der Waals surface area contributed by atoms with E-state index in [1.165, 1.54) is 19.3 Å². The lowest BCUT2D eigenvalue weighted by atomic mass is 10.1. The van der Waals surface area contributed by atoms with E-state index in [1.54, 1.807) is 14.2 Å². The molecule has 0 radical (unpaired) electrons. The summed E-state index contributed by atoms with van der Waals surface area (Å²) < 4.78 is 10.6. The van der Waals surface area contributed by atoms with Crippen molar-refractivity contribution in [2.75, 3.05) is 37.5 Å². The largest absolute Gasteiger partial charge is 0.493 e. The average molecular weight is 328 g/mol. The van der Waals surface area contributed by atoms with E-state index >= 15 is 0 Å². The zero-order valence-corrected chi connectivity index (χ0v) is 14.3. The molecule has 1 aromatic carbocycles. The summed E-state index contributed by atoms with van der Waals surface area (Å²) in [6, 6.07) is 7.84. The minimum Gasteiger partial charge on any atom is -0.493 e. The Labute approximate surface area is 142 Å². The minimum absolute atomic E-state index is 0.629. The van der Waals surface area contributed by atoms with E-state index in [1.807, 2.05) is 30.5 Å². The van der Waals surface area contributed by atoms with Crippen molar-refractivity contribution in [2.24, 2.45) is 0 Å². The first-order chi connectivity index (χ1) is 11.8. The number of hydrogen-bond donors (Lipinski definition) is 1. The number of nitrogens with one attached hydrogen (secondary N) is 1. The predicted octanol–water partition coefficient (Wildman–Crippen LogP) is 3.10. The van der Waals surface area contributed by atoms with E-state index in [0.717, 1.165) is 36.0 Å². The highest BCUT2D eigenvalue weighted by Gasteiger charge is 2.12. The van der Waals surface area contributed by atoms with Crippen LogP contribution in [0.2, 0.25) is 0 Å². The van der Waals surface area contributed by atoms with Crippen LogP contribution in [0.25, 0.3) is 0 Å². The van der Waals surface area contributed by atoms with Gasteiger partial charge >= 0.3 is 0 Å². The van der Waals surface area contributed by atoms with E-state index in [0.29, 0.717) is 12.5 Å². The van der Waals surface area contributed by atoms with Gasteiger partial charge in [0.1, 0.15) is 5.82 Å². The van der Waals surface area contributed by atoms with Crippen molar-refractivity contribution in [3.05, 3.63) is 36.0 Å². The second-order valence-corrected chi connectivity index (χ2v) is 5.83. The molecule has 2 aromatic rings. The maximum atomic E-state index is 5.34. The van der Waals surface area contributed by atoms with Crippen LogP contribution in [0.3, 0.4) is 0 Å². The fraction of sp³-hybridized carbons (Fsp3) is 0.444. The Hall–Kier alpha value is -2.50. The van der Waals surface area contributed by atoms with Gasteiger partial charge < -0.3 is 19.7 Å². The van der Waals surface area contributed by atoms with Crippen molar-refractivity contribution in [3.63, 3.8) is 0 Å². The summed E-state index contributed by atoms with van der Waals surface area (Å²) in [5.74, 6) is 3.09. The summed E-state index contributed by atoms with van der Waals surface area (Å²) in [5, 5.41) is 3.28. The minimum atomic E-state index is 0.629. The molecule has 0 atom stereocenters. The Balaban J connectivity index is 1.66. The average Bonchev–Trinajstić information content (AvgIpc) is 2.67. The van der Waals surface area contributed by atoms with Crippen LogP contribution in [0.5, 0.6) is 11.5 Å². The second-order valence-electron chi connectivity index (χ2n) is 5.83. The molecule has 0 aliphatic carbocycles. The highest BCUT2D eigenvalue weighted by molar-refractivity contribution is 5.45. The van der Waals surface area contributed by atoms with Crippen LogP contribution in [-0.4, -0.2) is 37.3 Å². The van der Waals surface area contributed by atoms with E-state index < -0.39 is 0 Å². The maximum absolute atomic E-state index is 5.34. The highest BCUT2D eigenvalue weighted by Crippen LogP contribution is 2.27. The summed E-state index contributed by atoms with van der Waals surface area (Å²) in [7, 11) is 3.27. The molecule has 0 amide bonds. The normalized spacial score (nSPS) is 14.3. The number of methoxy groups -OCH3 is 2. The molecule has 1 saturated heterocycles. The number of anilines is 2. The first-order valence-electron chi connectivity index (χ1n) is 8.33. The quantitative estimate of drug-likeness (QED) is 0.879. The van der Waals surface area contributed by atoms with Gasteiger partial charge in [0.25, 0.3) is 0 Å². The van der Waals surface area contributed by atoms with Gasteiger partial charge in [-0.25, -0.2) is 4.98 Å². The zero-order valence-electron chi connectivity index (χ0n) is 14.3. The molecular weight excluding hydrogens is 304 g/mol. The third-order valence-electron chi connectivity index (χ3n) is 4.22. The van der Waals surface area contributed by atoms with E-state index in [9.17, 15) is 0 Å². The van der Waals surface area contributed by atoms with E-state index in [-0.39, 0.29) is 0 Å². The number of aromatic nitrogens is 2. The van der Waals surface area contributed by atoms with Crippen LogP contribution in [0, 0.1) is 0 Å². The number of hydrogen-bond acceptors (Lipinski definition) is 6. The lowest BCUT2D eigenvalue weighted by Crippen LogP contribution is -2.30. The summed E-state index contributed by atoms with van der Waals surface area (Å²) in [4.78, 5) is 11.3. The van der Waals surface area contributed by atoms with Crippen molar-refractivity contribution in [1.29, 1.82) is 0 Å². The lowest BCUT2D eigenvalue weighted by Gasteiger charge is -2.27. The Bertz CT molecular complexity index is 672. The molecule has 2 heterocycles. The monoisotopic (exact) mass is 328 g/mol. The number of nitrogens with zero attached hydrogens (tertiary/aromatic N) is 3. The van der Waals surface area contributed by atoms with Crippen LogP contribution < -0.4 is 19.7 Å². The van der Waals surface area contributed by atoms with Crippen LogP contribution >= 0.6 is 0 Å². The lowest BCUT2D eigenvalue weighted by molar-refractivity contribution is 0.354. The molecule has 24 heavy (non-hydrogen) atoms. The summed E-state index contributed by atoms with van der Waals surface area (Å²) in [6.45, 7) is 2.78. The van der Waals surface area contributed by atoms with Gasteiger partial charge in [-0.15, -0.1) is 0 Å². The Kier molecular flexibility index (Phi) is 5.36. The first-order valence-corrected chi connectivity index (χ1v) is 8.33. The smallest absolute Gasteiger partial charge is 0.224 e. The third-order valence-corrected chi connectivity index (χ3v) is 4.22. The molecule has 6 heteroatoms. The molecule has 1 fully saturated rings. The molecule has 3 rings (SSSR count). The predicted molar refractivity (Wildman–Crippen MR) is 95.0 cm³/mol. The molecule has 1 aliphatic rings. The van der Waals surface area contributed by atoms with E-state index in [2.05, 4.69) is 20.2 Å². The van der Waals surface area contributed by atoms with Gasteiger partial charge in [0.05, 0.1) is 14.2 Å². The molecule has 0 unspecified atom stereocenters. The van der Waals surface area contributed by atoms with Gasteiger partial charge in [0, 0.05) is 25.8 Å². The Morgan fingerprint density at radius 2 is 1.83 bits per heavy atom. The molecule has 1 aliphatic heterocycles. The van der Waals surface area contributed by atoms with Crippen LogP contribution in [0.4, 0.5) is 11.8 Å². The highest BCUT2D eigenvalue weighted by atomic mass is 16.5. The van der Waals surface area contributed by atoms with Gasteiger partial charge in [-0.3, -0.25) is 0 Å². The number of rotatable bonds is 6. The summed E-state index contributed by atoms with van der Waals surface area (Å²) >= 11 is 0. The van der Waals surface area contributed by atoms with Gasteiger partial charge in [0.15, 0.2) is 11.5 Å². The van der Waals surface area contributed by atoms with Crippen molar-refractivity contribution in [2.45, 2.75) is 25.8 Å². The molecule has 0 spiro atoms. The third kappa shape index (κ3) is 3.88. The molecule has 1 N–H and O–H groups in total. The second kappa shape index (κ2) is 7.86. The topological polar surface area (TPSA) is 59.5 Å². The number of ether oxygens (including phenoxy) is 2. The van der Waals surface area contributed by atoms with Crippen LogP contribution in [0.15, 0.2) is 30.5 Å². The fourth-order valence-corrected chi connectivity index (χ4v) is 2.91. The van der Waals surface area contributed by atoms with Crippen molar-refractivity contribution >= 4 is 11.8 Å². The summed E-state index contributed by atoms with van der Waals surface area (Å²) in [5.41, 5.74) is 1.08. The van der Waals surface area contributed by atoms with Crippen molar-refractivity contribution < 1.29 is 9.47 Å². The zero-order chi connectivity index (χ0) is 16.8. The van der Waals surface area contributed by atoms with Gasteiger partial charge in [-0.2, -0.15) is 4.98 Å². The molecule has 0 saturated carbocycles. The fourth-order valence-electron chi connectivity index (χ4n) is 2.91. The molecule has 128 valence electrons. The molecule has 1 aromatic heterocycles. The molecule has 6 nitrogen and oxygen atoms in total. The number of piperidine rings is 1. The van der Waals surface area contributed by atoms with Crippen LogP contribution in [-0.2, 0) is 6.54 Å². The SMILES string of the molecule is COc1ccc(CNc2nccc(N3CCCCC3)n2)cc1OC. The van der Waals surface area contributed by atoms with Crippen molar-refractivity contribution in [1.82, 2.24) is 9.97 Å². The van der Waals surface area contributed by atoms with Gasteiger partial charge in [0.2, 0.25) is 5.95 Å².